The third kappa shape index (κ3) is 2.92. The molecule has 21 heavy (non-hydrogen) atoms. The van der Waals surface area contributed by atoms with Crippen LogP contribution in [0.3, 0.4) is 0 Å². The van der Waals surface area contributed by atoms with Gasteiger partial charge in [0.2, 0.25) is 10.0 Å². The molecule has 1 aromatic heterocycles. The number of hydrogen-bond donors (Lipinski definition) is 2. The summed E-state index contributed by atoms with van der Waals surface area (Å²) in [6.07, 6.45) is 3.54. The number of rotatable bonds is 3. The van der Waals surface area contributed by atoms with Crippen molar-refractivity contribution >= 4 is 20.9 Å². The zero-order chi connectivity index (χ0) is 14.9. The van der Waals surface area contributed by atoms with E-state index < -0.39 is 10.0 Å². The molecular weight excluding hydrogens is 286 g/mol. The first-order valence-electron chi connectivity index (χ1n) is 7.15. The third-order valence-corrected chi connectivity index (χ3v) is 5.42. The summed E-state index contributed by atoms with van der Waals surface area (Å²) >= 11 is 0. The van der Waals surface area contributed by atoms with E-state index >= 15 is 0 Å². The number of aryl methyl sites for hydroxylation is 1. The standard InChI is InChI=1S/C15H19N3O2S/c1-11-6-7-14(13-5-3-9-17-15(11)13)21(19,20)18-12-4-2-8-16-10-12/h3,5-7,9,12,16,18H,2,4,8,10H2,1H3/t12-/m0/s1. The van der Waals surface area contributed by atoms with Crippen LogP contribution in [0, 0.1) is 6.92 Å². The van der Waals surface area contributed by atoms with Crippen LogP contribution in [0.25, 0.3) is 10.9 Å². The Morgan fingerprint density at radius 1 is 1.33 bits per heavy atom. The molecule has 6 heteroatoms. The highest BCUT2D eigenvalue weighted by molar-refractivity contribution is 7.89. The monoisotopic (exact) mass is 305 g/mol. The molecule has 1 aliphatic heterocycles. The van der Waals surface area contributed by atoms with Gasteiger partial charge in [0.05, 0.1) is 10.4 Å². The van der Waals surface area contributed by atoms with Gasteiger partial charge in [-0.1, -0.05) is 6.07 Å². The number of fused-ring (bicyclic) bond motifs is 1. The molecule has 3 rings (SSSR count). The molecule has 1 atom stereocenters. The van der Waals surface area contributed by atoms with Gasteiger partial charge in [-0.15, -0.1) is 0 Å². The molecule has 0 aliphatic carbocycles. The van der Waals surface area contributed by atoms with Crippen molar-refractivity contribution in [2.45, 2.75) is 30.7 Å². The molecule has 1 aromatic carbocycles. The van der Waals surface area contributed by atoms with Crippen LogP contribution >= 0.6 is 0 Å². The van der Waals surface area contributed by atoms with Crippen LogP contribution in [0.5, 0.6) is 0 Å². The van der Waals surface area contributed by atoms with E-state index in [9.17, 15) is 8.42 Å². The Balaban J connectivity index is 2.00. The molecular formula is C15H19N3O2S. The first-order valence-corrected chi connectivity index (χ1v) is 8.63. The Kier molecular flexibility index (Phi) is 3.93. The van der Waals surface area contributed by atoms with Crippen molar-refractivity contribution in [1.82, 2.24) is 15.0 Å². The average molecular weight is 305 g/mol. The molecule has 0 saturated carbocycles. The lowest BCUT2D eigenvalue weighted by Gasteiger charge is -2.24. The molecule has 1 saturated heterocycles. The number of nitrogens with zero attached hydrogens (tertiary/aromatic N) is 1. The lowest BCUT2D eigenvalue weighted by Crippen LogP contribution is -2.45. The summed E-state index contributed by atoms with van der Waals surface area (Å²) in [6, 6.07) is 7.00. The maximum Gasteiger partial charge on any atom is 0.241 e. The minimum Gasteiger partial charge on any atom is -0.315 e. The first-order chi connectivity index (χ1) is 10.1. The van der Waals surface area contributed by atoms with E-state index in [0.29, 0.717) is 16.8 Å². The predicted octanol–water partition coefficient (Wildman–Crippen LogP) is 1.57. The number of benzene rings is 1. The Morgan fingerprint density at radius 3 is 2.95 bits per heavy atom. The summed E-state index contributed by atoms with van der Waals surface area (Å²) in [5.74, 6) is 0. The van der Waals surface area contributed by atoms with Crippen LogP contribution in [-0.4, -0.2) is 32.5 Å². The normalized spacial score (nSPS) is 19.8. The molecule has 0 bridgehead atoms. The highest BCUT2D eigenvalue weighted by Gasteiger charge is 2.23. The summed E-state index contributed by atoms with van der Waals surface area (Å²) in [7, 11) is -3.53. The SMILES string of the molecule is Cc1ccc(S(=O)(=O)N[C@H]2CCCNC2)c2cccnc12. The largest absolute Gasteiger partial charge is 0.315 e. The van der Waals surface area contributed by atoms with E-state index in [-0.39, 0.29) is 6.04 Å². The van der Waals surface area contributed by atoms with Crippen molar-refractivity contribution in [3.05, 3.63) is 36.0 Å². The molecule has 1 fully saturated rings. The van der Waals surface area contributed by atoms with Crippen molar-refractivity contribution < 1.29 is 8.42 Å². The number of pyridine rings is 1. The number of piperidine rings is 1. The fourth-order valence-corrected chi connectivity index (χ4v) is 4.23. The zero-order valence-corrected chi connectivity index (χ0v) is 12.8. The van der Waals surface area contributed by atoms with Gasteiger partial charge >= 0.3 is 0 Å². The number of nitrogens with one attached hydrogen (secondary N) is 2. The Hall–Kier alpha value is -1.50. The van der Waals surface area contributed by atoms with E-state index in [0.717, 1.165) is 30.5 Å². The minimum atomic E-state index is -3.53. The molecule has 2 heterocycles. The maximum absolute atomic E-state index is 12.7. The molecule has 1 aliphatic rings. The van der Waals surface area contributed by atoms with Crippen LogP contribution in [0.1, 0.15) is 18.4 Å². The fourth-order valence-electron chi connectivity index (χ4n) is 2.76. The topological polar surface area (TPSA) is 71.1 Å². The molecule has 112 valence electrons. The molecule has 0 unspecified atom stereocenters. The van der Waals surface area contributed by atoms with Crippen LogP contribution in [0.4, 0.5) is 0 Å². The first kappa shape index (κ1) is 14.4. The van der Waals surface area contributed by atoms with Gasteiger partial charge in [0, 0.05) is 24.2 Å². The summed E-state index contributed by atoms with van der Waals surface area (Å²) in [5, 5.41) is 3.89. The summed E-state index contributed by atoms with van der Waals surface area (Å²) < 4.78 is 28.1. The summed E-state index contributed by atoms with van der Waals surface area (Å²) in [5.41, 5.74) is 1.71. The van der Waals surface area contributed by atoms with Gasteiger partial charge in [-0.25, -0.2) is 13.1 Å². The Morgan fingerprint density at radius 2 is 2.19 bits per heavy atom. The van der Waals surface area contributed by atoms with Crippen LogP contribution in [-0.2, 0) is 10.0 Å². The van der Waals surface area contributed by atoms with E-state index in [2.05, 4.69) is 15.0 Å². The van der Waals surface area contributed by atoms with Gasteiger partial charge in [-0.05, 0) is 50.1 Å². The Labute approximate surface area is 124 Å². The second-order valence-corrected chi connectivity index (χ2v) is 7.13. The summed E-state index contributed by atoms with van der Waals surface area (Å²) in [6.45, 7) is 3.57. The van der Waals surface area contributed by atoms with E-state index in [1.807, 2.05) is 19.1 Å². The number of sulfonamides is 1. The van der Waals surface area contributed by atoms with Gasteiger partial charge in [0.1, 0.15) is 0 Å². The molecule has 2 aromatic rings. The van der Waals surface area contributed by atoms with Crippen molar-refractivity contribution in [2.75, 3.05) is 13.1 Å². The quantitative estimate of drug-likeness (QED) is 0.903. The van der Waals surface area contributed by atoms with E-state index in [4.69, 9.17) is 0 Å². The van der Waals surface area contributed by atoms with Gasteiger partial charge in [-0.3, -0.25) is 4.98 Å². The van der Waals surface area contributed by atoms with Crippen LogP contribution in [0.2, 0.25) is 0 Å². The van der Waals surface area contributed by atoms with Crippen LogP contribution < -0.4 is 10.0 Å². The maximum atomic E-state index is 12.7. The van der Waals surface area contributed by atoms with E-state index in [1.165, 1.54) is 0 Å². The molecule has 5 nitrogen and oxygen atoms in total. The molecule has 0 amide bonds. The number of hydrogen-bond acceptors (Lipinski definition) is 4. The van der Waals surface area contributed by atoms with Gasteiger partial charge in [0.25, 0.3) is 0 Å². The van der Waals surface area contributed by atoms with Crippen LogP contribution in [0.15, 0.2) is 35.4 Å². The highest BCUT2D eigenvalue weighted by Crippen LogP contribution is 2.24. The second kappa shape index (κ2) is 5.71. The van der Waals surface area contributed by atoms with Gasteiger partial charge < -0.3 is 5.32 Å². The highest BCUT2D eigenvalue weighted by atomic mass is 32.2. The second-order valence-electron chi connectivity index (χ2n) is 5.44. The third-order valence-electron chi connectivity index (χ3n) is 3.84. The van der Waals surface area contributed by atoms with Crippen molar-refractivity contribution in [2.24, 2.45) is 0 Å². The van der Waals surface area contributed by atoms with Gasteiger partial charge in [-0.2, -0.15) is 0 Å². The minimum absolute atomic E-state index is 0.0447. The summed E-state index contributed by atoms with van der Waals surface area (Å²) in [4.78, 5) is 4.60. The number of aromatic nitrogens is 1. The molecule has 2 N–H and O–H groups in total. The molecule has 0 spiro atoms. The predicted molar refractivity (Wildman–Crippen MR) is 82.7 cm³/mol. The average Bonchev–Trinajstić information content (AvgIpc) is 2.48. The lowest BCUT2D eigenvalue weighted by atomic mass is 10.1. The van der Waals surface area contributed by atoms with Gasteiger partial charge in [0.15, 0.2) is 0 Å². The Bertz CT molecular complexity index is 753. The fraction of sp³-hybridized carbons (Fsp3) is 0.400. The van der Waals surface area contributed by atoms with E-state index in [1.54, 1.807) is 18.3 Å². The van der Waals surface area contributed by atoms with Crippen molar-refractivity contribution in [3.8, 4) is 0 Å². The molecule has 0 radical (unpaired) electrons. The zero-order valence-electron chi connectivity index (χ0n) is 12.0. The lowest BCUT2D eigenvalue weighted by molar-refractivity contribution is 0.429. The smallest absolute Gasteiger partial charge is 0.241 e. The van der Waals surface area contributed by atoms with Crippen molar-refractivity contribution in [1.29, 1.82) is 0 Å². The van der Waals surface area contributed by atoms with Crippen molar-refractivity contribution in [3.63, 3.8) is 0 Å².